The fraction of sp³-hybridized carbons (Fsp3) is 0. The SMILES string of the molecule is O=C1N=Cn2ccnc21. The van der Waals surface area contributed by atoms with E-state index in [0.717, 1.165) is 0 Å². The van der Waals surface area contributed by atoms with Crippen molar-refractivity contribution in [1.29, 1.82) is 0 Å². The molecule has 0 N–H and O–H groups in total. The minimum absolute atomic E-state index is 0.264. The minimum atomic E-state index is -0.264. The first kappa shape index (κ1) is 4.43. The fourth-order valence-corrected chi connectivity index (χ4v) is 0.744. The molecule has 0 saturated carbocycles. The summed E-state index contributed by atoms with van der Waals surface area (Å²) in [5.74, 6) is 0.134. The first-order valence-corrected chi connectivity index (χ1v) is 2.49. The van der Waals surface area contributed by atoms with Crippen LogP contribution in [0.3, 0.4) is 0 Å². The van der Waals surface area contributed by atoms with Crippen LogP contribution in [-0.4, -0.2) is 21.8 Å². The Morgan fingerprint density at radius 1 is 1.56 bits per heavy atom. The van der Waals surface area contributed by atoms with Crippen LogP contribution >= 0.6 is 0 Å². The van der Waals surface area contributed by atoms with Gasteiger partial charge in [-0.1, -0.05) is 0 Å². The molecule has 0 spiro atoms. The molecule has 2 rings (SSSR count). The number of hydrogen-bond acceptors (Lipinski definition) is 2. The van der Waals surface area contributed by atoms with E-state index in [-0.39, 0.29) is 5.91 Å². The minimum Gasteiger partial charge on any atom is -0.286 e. The number of hydrogen-bond donors (Lipinski definition) is 0. The zero-order chi connectivity index (χ0) is 6.27. The molecule has 2 heterocycles. The molecular weight excluding hydrogens is 118 g/mol. The molecule has 0 unspecified atom stereocenters. The molecule has 0 aliphatic carbocycles. The van der Waals surface area contributed by atoms with E-state index in [0.29, 0.717) is 5.82 Å². The van der Waals surface area contributed by atoms with Gasteiger partial charge in [0.25, 0.3) is 0 Å². The van der Waals surface area contributed by atoms with E-state index >= 15 is 0 Å². The van der Waals surface area contributed by atoms with Crippen molar-refractivity contribution in [1.82, 2.24) is 9.55 Å². The monoisotopic (exact) mass is 121 g/mol. The maximum atomic E-state index is 10.6. The van der Waals surface area contributed by atoms with Crippen LogP contribution in [0.1, 0.15) is 10.6 Å². The van der Waals surface area contributed by atoms with E-state index in [1.165, 1.54) is 6.34 Å². The predicted molar refractivity (Wildman–Crippen MR) is 30.4 cm³/mol. The second-order valence-electron chi connectivity index (χ2n) is 1.71. The smallest absolute Gasteiger partial charge is 0.286 e. The van der Waals surface area contributed by atoms with E-state index in [1.807, 2.05) is 0 Å². The number of nitrogens with zero attached hydrogens (tertiary/aromatic N) is 3. The number of carbonyl (C=O) groups is 1. The lowest BCUT2D eigenvalue weighted by molar-refractivity contribution is 0.0999. The van der Waals surface area contributed by atoms with E-state index in [4.69, 9.17) is 0 Å². The zero-order valence-electron chi connectivity index (χ0n) is 4.48. The fourth-order valence-electron chi connectivity index (χ4n) is 0.744. The van der Waals surface area contributed by atoms with Gasteiger partial charge in [-0.2, -0.15) is 4.99 Å². The molecule has 4 nitrogen and oxygen atoms in total. The molecule has 1 aromatic heterocycles. The highest BCUT2D eigenvalue weighted by Crippen LogP contribution is 2.01. The highest BCUT2D eigenvalue weighted by atomic mass is 16.2. The number of aliphatic imine (C=N–C) groups is 1. The standard InChI is InChI=1S/C5H3N3O/c9-5-4-6-1-2-8(4)3-7-5/h1-3H. The lowest BCUT2D eigenvalue weighted by Crippen LogP contribution is -1.95. The summed E-state index contributed by atoms with van der Waals surface area (Å²) in [6, 6.07) is 0. The van der Waals surface area contributed by atoms with Gasteiger partial charge in [-0.3, -0.25) is 9.36 Å². The predicted octanol–water partition coefficient (Wildman–Crippen LogP) is -0.0867. The third-order valence-corrected chi connectivity index (χ3v) is 1.16. The third kappa shape index (κ3) is 0.440. The molecule has 1 amide bonds. The van der Waals surface area contributed by atoms with Crippen molar-refractivity contribution in [3.63, 3.8) is 0 Å². The average molecular weight is 121 g/mol. The van der Waals surface area contributed by atoms with E-state index in [9.17, 15) is 4.79 Å². The molecule has 4 heteroatoms. The van der Waals surface area contributed by atoms with E-state index in [1.54, 1.807) is 17.0 Å². The van der Waals surface area contributed by atoms with Gasteiger partial charge in [0.05, 0.1) is 0 Å². The van der Waals surface area contributed by atoms with Gasteiger partial charge >= 0.3 is 5.91 Å². The van der Waals surface area contributed by atoms with Gasteiger partial charge in [-0.05, 0) is 0 Å². The molecule has 0 bridgehead atoms. The van der Waals surface area contributed by atoms with Gasteiger partial charge in [0.15, 0.2) is 0 Å². The Balaban J connectivity index is 2.73. The first-order chi connectivity index (χ1) is 4.38. The van der Waals surface area contributed by atoms with Crippen LogP contribution < -0.4 is 0 Å². The van der Waals surface area contributed by atoms with Crippen molar-refractivity contribution >= 4 is 12.2 Å². The van der Waals surface area contributed by atoms with Crippen LogP contribution in [0.25, 0.3) is 0 Å². The number of amides is 1. The molecule has 0 radical (unpaired) electrons. The maximum Gasteiger partial charge on any atom is 0.314 e. The lowest BCUT2D eigenvalue weighted by Gasteiger charge is -1.81. The van der Waals surface area contributed by atoms with E-state index in [2.05, 4.69) is 9.98 Å². The molecule has 0 saturated heterocycles. The Hall–Kier alpha value is -1.45. The van der Waals surface area contributed by atoms with Crippen LogP contribution in [0.5, 0.6) is 0 Å². The van der Waals surface area contributed by atoms with Crippen molar-refractivity contribution < 1.29 is 4.79 Å². The second-order valence-corrected chi connectivity index (χ2v) is 1.71. The Labute approximate surface area is 50.9 Å². The summed E-state index contributed by atoms with van der Waals surface area (Å²) >= 11 is 0. The largest absolute Gasteiger partial charge is 0.314 e. The molecule has 1 aromatic rings. The summed E-state index contributed by atoms with van der Waals surface area (Å²) in [6.45, 7) is 0. The van der Waals surface area contributed by atoms with E-state index < -0.39 is 0 Å². The first-order valence-electron chi connectivity index (χ1n) is 2.49. The number of imidazole rings is 1. The van der Waals surface area contributed by atoms with Gasteiger partial charge < -0.3 is 0 Å². The van der Waals surface area contributed by atoms with Crippen LogP contribution in [0.2, 0.25) is 0 Å². The molecule has 1 aliphatic rings. The quantitative estimate of drug-likeness (QED) is 0.481. The molecule has 0 aromatic carbocycles. The van der Waals surface area contributed by atoms with Gasteiger partial charge in [0.2, 0.25) is 5.82 Å². The van der Waals surface area contributed by atoms with Crippen molar-refractivity contribution in [2.75, 3.05) is 0 Å². The summed E-state index contributed by atoms with van der Waals surface area (Å²) in [5, 5.41) is 0. The van der Waals surface area contributed by atoms with Crippen LogP contribution in [0, 0.1) is 0 Å². The van der Waals surface area contributed by atoms with Crippen LogP contribution in [0.4, 0.5) is 0 Å². The van der Waals surface area contributed by atoms with Crippen molar-refractivity contribution in [3.8, 4) is 0 Å². The van der Waals surface area contributed by atoms with Crippen molar-refractivity contribution in [3.05, 3.63) is 18.2 Å². The number of fused-ring (bicyclic) bond motifs is 1. The van der Waals surface area contributed by atoms with Gasteiger partial charge in [-0.25, -0.2) is 4.98 Å². The molecule has 0 fully saturated rings. The normalized spacial score (nSPS) is 14.4. The molecule has 1 aliphatic heterocycles. The number of rotatable bonds is 0. The Morgan fingerprint density at radius 3 is 3.22 bits per heavy atom. The van der Waals surface area contributed by atoms with Gasteiger partial charge in [0, 0.05) is 12.4 Å². The van der Waals surface area contributed by atoms with Crippen LogP contribution in [-0.2, 0) is 0 Å². The topological polar surface area (TPSA) is 47.2 Å². The molecule has 9 heavy (non-hydrogen) atoms. The molecule has 0 atom stereocenters. The lowest BCUT2D eigenvalue weighted by atomic mass is 10.6. The van der Waals surface area contributed by atoms with Gasteiger partial charge in [0.1, 0.15) is 6.34 Å². The van der Waals surface area contributed by atoms with Crippen molar-refractivity contribution in [2.45, 2.75) is 0 Å². The third-order valence-electron chi connectivity index (χ3n) is 1.16. The average Bonchev–Trinajstić information content (AvgIpc) is 2.35. The van der Waals surface area contributed by atoms with Crippen molar-refractivity contribution in [2.24, 2.45) is 4.99 Å². The Morgan fingerprint density at radius 2 is 2.44 bits per heavy atom. The summed E-state index contributed by atoms with van der Waals surface area (Å²) in [4.78, 5) is 17.9. The Bertz CT molecular complexity index is 286. The summed E-state index contributed by atoms with van der Waals surface area (Å²) in [7, 11) is 0. The molecular formula is C5H3N3O. The van der Waals surface area contributed by atoms with Gasteiger partial charge in [-0.15, -0.1) is 0 Å². The number of aromatic nitrogens is 2. The summed E-state index contributed by atoms with van der Waals surface area (Å²) in [6.07, 6.45) is 4.70. The summed E-state index contributed by atoms with van der Waals surface area (Å²) < 4.78 is 1.59. The maximum absolute atomic E-state index is 10.6. The van der Waals surface area contributed by atoms with Crippen LogP contribution in [0.15, 0.2) is 17.4 Å². The molecule has 44 valence electrons. The number of carbonyl (C=O) groups excluding carboxylic acids is 1. The Kier molecular flexibility index (Phi) is 0.631. The highest BCUT2D eigenvalue weighted by molar-refractivity contribution is 6.02. The second kappa shape index (κ2) is 1.28. The zero-order valence-corrected chi connectivity index (χ0v) is 4.48. The highest BCUT2D eigenvalue weighted by Gasteiger charge is 2.14. The summed E-state index contributed by atoms with van der Waals surface area (Å²) in [5.41, 5.74) is 0.